The fraction of sp³-hybridized carbons (Fsp3) is 0.450. The van der Waals surface area contributed by atoms with E-state index in [0.29, 0.717) is 23.0 Å². The first-order valence-corrected chi connectivity index (χ1v) is 9.96. The number of nitrogens with zero attached hydrogens (tertiary/aromatic N) is 5. The van der Waals surface area contributed by atoms with Gasteiger partial charge in [0.2, 0.25) is 11.6 Å². The van der Waals surface area contributed by atoms with Crippen LogP contribution >= 0.6 is 0 Å². The Morgan fingerprint density at radius 1 is 1.13 bits per heavy atom. The highest BCUT2D eigenvalue weighted by atomic mass is 16.5. The second-order valence-electron chi connectivity index (χ2n) is 7.03. The Hall–Kier alpha value is -3.11. The van der Waals surface area contributed by atoms with E-state index in [1.807, 2.05) is 18.2 Å². The number of hydrogen-bond donors (Lipinski definition) is 2. The standard InChI is InChI=1S/C20H27N7O3/c1-28-15-10-14(11-16(12-15)29-2)17-13-23-18(19-24-20(21)25-27(17)19)22-4-3-5-26-6-8-30-9-7-26/h10-13H,3-9H2,1-2H3,(H2,21,25)(H,22,23). The summed E-state index contributed by atoms with van der Waals surface area (Å²) in [6.45, 7) is 5.39. The molecule has 4 rings (SSSR count). The Labute approximate surface area is 175 Å². The summed E-state index contributed by atoms with van der Waals surface area (Å²) in [5.41, 5.74) is 8.07. The predicted octanol–water partition coefficient (Wildman–Crippen LogP) is 1.52. The van der Waals surface area contributed by atoms with E-state index in [1.165, 1.54) is 0 Å². The normalized spacial score (nSPS) is 14.7. The number of rotatable bonds is 8. The number of anilines is 2. The first-order valence-electron chi connectivity index (χ1n) is 9.96. The maximum atomic E-state index is 5.90. The Morgan fingerprint density at radius 3 is 2.57 bits per heavy atom. The minimum atomic E-state index is 0.190. The van der Waals surface area contributed by atoms with Crippen LogP contribution in [0.1, 0.15) is 6.42 Å². The second-order valence-corrected chi connectivity index (χ2v) is 7.03. The molecule has 1 aromatic carbocycles. The van der Waals surface area contributed by atoms with Crippen LogP contribution in [0.25, 0.3) is 16.9 Å². The van der Waals surface area contributed by atoms with Crippen molar-refractivity contribution in [3.8, 4) is 22.8 Å². The van der Waals surface area contributed by atoms with Crippen LogP contribution in [0, 0.1) is 0 Å². The molecule has 0 spiro atoms. The van der Waals surface area contributed by atoms with Gasteiger partial charge in [-0.2, -0.15) is 4.98 Å². The highest BCUT2D eigenvalue weighted by Gasteiger charge is 2.15. The highest BCUT2D eigenvalue weighted by Crippen LogP contribution is 2.30. The van der Waals surface area contributed by atoms with Gasteiger partial charge >= 0.3 is 0 Å². The van der Waals surface area contributed by atoms with E-state index in [1.54, 1.807) is 24.9 Å². The summed E-state index contributed by atoms with van der Waals surface area (Å²) in [7, 11) is 3.23. The molecule has 3 aromatic rings. The van der Waals surface area contributed by atoms with Crippen LogP contribution in [0.15, 0.2) is 24.4 Å². The van der Waals surface area contributed by atoms with Crippen LogP contribution in [-0.2, 0) is 4.74 Å². The van der Waals surface area contributed by atoms with Crippen molar-refractivity contribution in [1.82, 2.24) is 24.5 Å². The van der Waals surface area contributed by atoms with Crippen molar-refractivity contribution < 1.29 is 14.2 Å². The van der Waals surface area contributed by atoms with Crippen molar-refractivity contribution in [3.63, 3.8) is 0 Å². The number of nitrogens with one attached hydrogen (secondary N) is 1. The summed E-state index contributed by atoms with van der Waals surface area (Å²) in [6, 6.07) is 5.60. The summed E-state index contributed by atoms with van der Waals surface area (Å²) in [5, 5.41) is 7.73. The van der Waals surface area contributed by atoms with Gasteiger partial charge in [0.15, 0.2) is 5.82 Å². The van der Waals surface area contributed by atoms with Gasteiger partial charge in [-0.25, -0.2) is 9.50 Å². The Balaban J connectivity index is 1.54. The lowest BCUT2D eigenvalue weighted by molar-refractivity contribution is 0.0378. The van der Waals surface area contributed by atoms with Crippen molar-refractivity contribution in [2.24, 2.45) is 0 Å². The summed E-state index contributed by atoms with van der Waals surface area (Å²) in [6.07, 6.45) is 2.74. The molecule has 1 aliphatic heterocycles. The van der Waals surface area contributed by atoms with E-state index in [0.717, 1.165) is 57.1 Å². The average molecular weight is 413 g/mol. The third-order valence-corrected chi connectivity index (χ3v) is 5.07. The molecular formula is C20H27N7O3. The van der Waals surface area contributed by atoms with Crippen molar-refractivity contribution in [2.45, 2.75) is 6.42 Å². The molecule has 0 saturated carbocycles. The van der Waals surface area contributed by atoms with Gasteiger partial charge in [0.25, 0.3) is 0 Å². The molecule has 0 unspecified atom stereocenters. The molecule has 0 radical (unpaired) electrons. The van der Waals surface area contributed by atoms with Crippen molar-refractivity contribution >= 4 is 17.4 Å². The maximum Gasteiger partial charge on any atom is 0.240 e. The lowest BCUT2D eigenvalue weighted by Gasteiger charge is -2.26. The number of methoxy groups -OCH3 is 2. The summed E-state index contributed by atoms with van der Waals surface area (Å²) in [5.74, 6) is 2.20. The van der Waals surface area contributed by atoms with Gasteiger partial charge in [0, 0.05) is 31.3 Å². The van der Waals surface area contributed by atoms with Crippen molar-refractivity contribution in [2.75, 3.05) is 64.7 Å². The molecule has 0 bridgehead atoms. The lowest BCUT2D eigenvalue weighted by atomic mass is 10.1. The number of nitrogens with two attached hydrogens (primary N) is 1. The van der Waals surface area contributed by atoms with Crippen LogP contribution in [-0.4, -0.2) is 78.1 Å². The second kappa shape index (κ2) is 9.14. The van der Waals surface area contributed by atoms with E-state index < -0.39 is 0 Å². The zero-order valence-corrected chi connectivity index (χ0v) is 17.3. The fourth-order valence-corrected chi connectivity index (χ4v) is 3.50. The third-order valence-electron chi connectivity index (χ3n) is 5.07. The topological polar surface area (TPSA) is 112 Å². The molecule has 30 heavy (non-hydrogen) atoms. The lowest BCUT2D eigenvalue weighted by Crippen LogP contribution is -2.37. The molecule has 1 aliphatic rings. The third kappa shape index (κ3) is 4.39. The van der Waals surface area contributed by atoms with Crippen LogP contribution in [0.2, 0.25) is 0 Å². The molecular weight excluding hydrogens is 386 g/mol. The molecule has 1 fully saturated rings. The number of hydrogen-bond acceptors (Lipinski definition) is 9. The number of ether oxygens (including phenoxy) is 3. The average Bonchev–Trinajstić information content (AvgIpc) is 3.18. The van der Waals surface area contributed by atoms with Gasteiger partial charge in [-0.15, -0.1) is 5.10 Å². The number of fused-ring (bicyclic) bond motifs is 1. The van der Waals surface area contributed by atoms with Crippen molar-refractivity contribution in [1.29, 1.82) is 0 Å². The summed E-state index contributed by atoms with van der Waals surface area (Å²) < 4.78 is 17.8. The zero-order valence-electron chi connectivity index (χ0n) is 17.3. The van der Waals surface area contributed by atoms with Gasteiger partial charge in [0.1, 0.15) is 11.5 Å². The molecule has 10 heteroatoms. The number of aromatic nitrogens is 4. The molecule has 3 N–H and O–H groups in total. The molecule has 0 aliphatic carbocycles. The SMILES string of the molecule is COc1cc(OC)cc(-c2cnc(NCCCN3CCOCC3)c3nc(N)nn23)c1. The van der Waals surface area contributed by atoms with E-state index in [9.17, 15) is 0 Å². The van der Waals surface area contributed by atoms with Gasteiger partial charge in [-0.1, -0.05) is 0 Å². The van der Waals surface area contributed by atoms with Gasteiger partial charge < -0.3 is 25.3 Å². The van der Waals surface area contributed by atoms with E-state index in [2.05, 4.69) is 25.3 Å². The monoisotopic (exact) mass is 413 g/mol. The van der Waals surface area contributed by atoms with Gasteiger partial charge in [-0.05, 0) is 25.1 Å². The summed E-state index contributed by atoms with van der Waals surface area (Å²) >= 11 is 0. The van der Waals surface area contributed by atoms with E-state index >= 15 is 0 Å². The molecule has 1 saturated heterocycles. The number of benzene rings is 1. The quantitative estimate of drug-likeness (QED) is 0.531. The Bertz CT molecular complexity index is 979. The maximum absolute atomic E-state index is 5.90. The zero-order chi connectivity index (χ0) is 20.9. The molecule has 0 atom stereocenters. The summed E-state index contributed by atoms with van der Waals surface area (Å²) in [4.78, 5) is 11.4. The van der Waals surface area contributed by atoms with Crippen LogP contribution in [0.5, 0.6) is 11.5 Å². The van der Waals surface area contributed by atoms with Gasteiger partial charge in [0.05, 0.1) is 39.3 Å². The fourth-order valence-electron chi connectivity index (χ4n) is 3.50. The minimum Gasteiger partial charge on any atom is -0.497 e. The predicted molar refractivity (Wildman–Crippen MR) is 114 cm³/mol. The first kappa shape index (κ1) is 20.2. The van der Waals surface area contributed by atoms with Crippen LogP contribution in [0.3, 0.4) is 0 Å². The molecule has 0 amide bonds. The molecule has 160 valence electrons. The number of morpholine rings is 1. The Morgan fingerprint density at radius 2 is 1.87 bits per heavy atom. The molecule has 10 nitrogen and oxygen atoms in total. The highest BCUT2D eigenvalue weighted by molar-refractivity contribution is 5.72. The Kier molecular flexibility index (Phi) is 6.15. The van der Waals surface area contributed by atoms with Crippen molar-refractivity contribution in [3.05, 3.63) is 24.4 Å². The van der Waals surface area contributed by atoms with E-state index in [4.69, 9.17) is 19.9 Å². The largest absolute Gasteiger partial charge is 0.497 e. The molecule has 3 heterocycles. The number of nitrogen functional groups attached to an aromatic ring is 1. The van der Waals surface area contributed by atoms with E-state index in [-0.39, 0.29) is 5.95 Å². The first-order chi connectivity index (χ1) is 14.7. The molecule has 2 aromatic heterocycles. The van der Waals surface area contributed by atoms with Gasteiger partial charge in [-0.3, -0.25) is 4.90 Å². The van der Waals surface area contributed by atoms with Crippen LogP contribution in [0.4, 0.5) is 11.8 Å². The smallest absolute Gasteiger partial charge is 0.240 e. The van der Waals surface area contributed by atoms with Crippen LogP contribution < -0.4 is 20.5 Å². The minimum absolute atomic E-state index is 0.190.